The molecule has 1 N–H and O–H groups in total. The van der Waals surface area contributed by atoms with E-state index in [2.05, 4.69) is 26.2 Å². The molecule has 0 radical (unpaired) electrons. The number of carbonyl (C=O) groups excluding carboxylic acids is 2. The van der Waals surface area contributed by atoms with Crippen molar-refractivity contribution in [2.75, 3.05) is 6.61 Å². The van der Waals surface area contributed by atoms with Crippen LogP contribution < -0.4 is 5.32 Å². The third-order valence-electron chi connectivity index (χ3n) is 3.51. The Morgan fingerprint density at radius 3 is 2.71 bits per heavy atom. The Kier molecular flexibility index (Phi) is 6.49. The van der Waals surface area contributed by atoms with Gasteiger partial charge in [-0.3, -0.25) is 14.6 Å². The van der Waals surface area contributed by atoms with Gasteiger partial charge in [-0.25, -0.2) is 0 Å². The zero-order valence-corrected chi connectivity index (χ0v) is 15.2. The second-order valence-electron chi connectivity index (χ2n) is 5.28. The van der Waals surface area contributed by atoms with Crippen molar-refractivity contribution >= 4 is 27.8 Å². The van der Waals surface area contributed by atoms with E-state index in [0.29, 0.717) is 16.6 Å². The number of carbonyl (C=O) groups is 2. The summed E-state index contributed by atoms with van der Waals surface area (Å²) in [5.41, 5.74) is 2.31. The Morgan fingerprint density at radius 1 is 1.29 bits per heavy atom. The van der Waals surface area contributed by atoms with Gasteiger partial charge in [-0.05, 0) is 47.0 Å². The van der Waals surface area contributed by atoms with E-state index in [1.807, 2.05) is 31.2 Å². The van der Waals surface area contributed by atoms with Crippen molar-refractivity contribution in [1.82, 2.24) is 10.3 Å². The lowest BCUT2D eigenvalue weighted by atomic mass is 9.98. The first-order valence-electron chi connectivity index (χ1n) is 7.63. The van der Waals surface area contributed by atoms with Gasteiger partial charge in [0.2, 0.25) is 0 Å². The van der Waals surface area contributed by atoms with Crippen molar-refractivity contribution < 1.29 is 14.3 Å². The second-order valence-corrected chi connectivity index (χ2v) is 6.20. The van der Waals surface area contributed by atoms with Gasteiger partial charge in [0.1, 0.15) is 0 Å². The Morgan fingerprint density at radius 2 is 2.04 bits per heavy atom. The molecule has 0 bridgehead atoms. The van der Waals surface area contributed by atoms with Gasteiger partial charge in [-0.2, -0.15) is 0 Å². The molecule has 2 rings (SSSR count). The zero-order chi connectivity index (χ0) is 17.5. The lowest BCUT2D eigenvalue weighted by Gasteiger charge is -2.20. The van der Waals surface area contributed by atoms with Crippen LogP contribution in [0.4, 0.5) is 0 Å². The molecule has 1 unspecified atom stereocenters. The number of ether oxygens (including phenoxy) is 1. The molecule has 1 aromatic heterocycles. The molecule has 0 aliphatic rings. The van der Waals surface area contributed by atoms with E-state index in [9.17, 15) is 9.59 Å². The summed E-state index contributed by atoms with van der Waals surface area (Å²) in [7, 11) is 0. The normalized spacial score (nSPS) is 11.6. The van der Waals surface area contributed by atoms with Crippen molar-refractivity contribution in [1.29, 1.82) is 0 Å². The maximum atomic E-state index is 12.5. The third-order valence-corrected chi connectivity index (χ3v) is 3.95. The largest absolute Gasteiger partial charge is 0.466 e. The first kappa shape index (κ1) is 18.1. The molecule has 6 heteroatoms. The van der Waals surface area contributed by atoms with E-state index < -0.39 is 6.04 Å². The Labute approximate surface area is 149 Å². The second kappa shape index (κ2) is 8.59. The van der Waals surface area contributed by atoms with Crippen molar-refractivity contribution in [2.24, 2.45) is 0 Å². The molecule has 126 valence electrons. The molecule has 24 heavy (non-hydrogen) atoms. The molecular weight excluding hydrogens is 372 g/mol. The minimum absolute atomic E-state index is 0.0753. The maximum Gasteiger partial charge on any atom is 0.308 e. The number of nitrogens with zero attached hydrogens (tertiary/aromatic N) is 1. The van der Waals surface area contributed by atoms with Crippen molar-refractivity contribution in [3.05, 3.63) is 63.9 Å². The monoisotopic (exact) mass is 390 g/mol. The summed E-state index contributed by atoms with van der Waals surface area (Å²) in [5, 5.41) is 2.91. The van der Waals surface area contributed by atoms with Crippen LogP contribution in [0.3, 0.4) is 0 Å². The molecular formula is C18H19BrN2O3. The number of rotatable bonds is 6. The van der Waals surface area contributed by atoms with Gasteiger partial charge in [0.15, 0.2) is 0 Å². The first-order valence-corrected chi connectivity index (χ1v) is 8.43. The number of pyridine rings is 1. The molecule has 2 aromatic rings. The van der Waals surface area contributed by atoms with E-state index in [1.54, 1.807) is 19.2 Å². The van der Waals surface area contributed by atoms with Gasteiger partial charge in [-0.1, -0.05) is 24.3 Å². The summed E-state index contributed by atoms with van der Waals surface area (Å²) in [5.74, 6) is -0.639. The van der Waals surface area contributed by atoms with E-state index >= 15 is 0 Å². The standard InChI is InChI=1S/C18H19BrN2O3/c1-3-24-17(22)9-16(15-7-5-4-6-12(15)2)21-18(23)13-8-14(19)11-20-10-13/h4-8,10-11,16H,3,9H2,1-2H3,(H,21,23). The van der Waals surface area contributed by atoms with Crippen LogP contribution in [0.15, 0.2) is 47.2 Å². The van der Waals surface area contributed by atoms with Gasteiger partial charge < -0.3 is 10.1 Å². The minimum atomic E-state index is -0.461. The Bertz CT molecular complexity index is 734. The Balaban J connectivity index is 2.24. The molecule has 1 aromatic carbocycles. The van der Waals surface area contributed by atoms with Crippen molar-refractivity contribution in [2.45, 2.75) is 26.3 Å². The smallest absolute Gasteiger partial charge is 0.308 e. The average Bonchev–Trinajstić information content (AvgIpc) is 2.55. The van der Waals surface area contributed by atoms with Gasteiger partial charge >= 0.3 is 5.97 Å². The van der Waals surface area contributed by atoms with Crippen LogP contribution >= 0.6 is 15.9 Å². The molecule has 0 saturated heterocycles. The van der Waals surface area contributed by atoms with Crippen LogP contribution in [0, 0.1) is 6.92 Å². The van der Waals surface area contributed by atoms with Crippen LogP contribution in [-0.4, -0.2) is 23.5 Å². The van der Waals surface area contributed by atoms with Crippen LogP contribution in [-0.2, 0) is 9.53 Å². The topological polar surface area (TPSA) is 68.3 Å². The molecule has 1 heterocycles. The highest BCUT2D eigenvalue weighted by Gasteiger charge is 2.21. The number of hydrogen-bond donors (Lipinski definition) is 1. The highest BCUT2D eigenvalue weighted by molar-refractivity contribution is 9.10. The number of aromatic nitrogens is 1. The van der Waals surface area contributed by atoms with Crippen molar-refractivity contribution in [3.8, 4) is 0 Å². The van der Waals surface area contributed by atoms with E-state index in [-0.39, 0.29) is 18.3 Å². The number of benzene rings is 1. The van der Waals surface area contributed by atoms with Crippen LogP contribution in [0.1, 0.15) is 40.9 Å². The lowest BCUT2D eigenvalue weighted by Crippen LogP contribution is -2.31. The SMILES string of the molecule is CCOC(=O)CC(NC(=O)c1cncc(Br)c1)c1ccccc1C. The fourth-order valence-electron chi connectivity index (χ4n) is 2.38. The average molecular weight is 391 g/mol. The molecule has 1 amide bonds. The minimum Gasteiger partial charge on any atom is -0.466 e. The lowest BCUT2D eigenvalue weighted by molar-refractivity contribution is -0.143. The summed E-state index contributed by atoms with van der Waals surface area (Å²) in [4.78, 5) is 28.4. The Hall–Kier alpha value is -2.21. The molecule has 0 spiro atoms. The molecule has 1 atom stereocenters. The first-order chi connectivity index (χ1) is 11.5. The molecule has 5 nitrogen and oxygen atoms in total. The summed E-state index contributed by atoms with van der Waals surface area (Å²) < 4.78 is 5.75. The number of hydrogen-bond acceptors (Lipinski definition) is 4. The number of aryl methyl sites for hydroxylation is 1. The van der Waals surface area contributed by atoms with E-state index in [4.69, 9.17) is 4.74 Å². The van der Waals surface area contributed by atoms with Gasteiger partial charge in [0.25, 0.3) is 5.91 Å². The van der Waals surface area contributed by atoms with Crippen LogP contribution in [0.25, 0.3) is 0 Å². The van der Waals surface area contributed by atoms with Crippen molar-refractivity contribution in [3.63, 3.8) is 0 Å². The molecule has 0 aliphatic carbocycles. The maximum absolute atomic E-state index is 12.5. The predicted octanol–water partition coefficient (Wildman–Crippen LogP) is 3.58. The zero-order valence-electron chi connectivity index (χ0n) is 13.6. The van der Waals surface area contributed by atoms with Crippen LogP contribution in [0.5, 0.6) is 0 Å². The summed E-state index contributed by atoms with van der Waals surface area (Å²) in [6.07, 6.45) is 3.17. The van der Waals surface area contributed by atoms with E-state index in [1.165, 1.54) is 6.20 Å². The van der Waals surface area contributed by atoms with Gasteiger partial charge in [0, 0.05) is 16.9 Å². The highest BCUT2D eigenvalue weighted by Crippen LogP contribution is 2.22. The highest BCUT2D eigenvalue weighted by atomic mass is 79.9. The molecule has 0 aliphatic heterocycles. The third kappa shape index (κ3) is 4.89. The van der Waals surface area contributed by atoms with Crippen LogP contribution in [0.2, 0.25) is 0 Å². The summed E-state index contributed by atoms with van der Waals surface area (Å²) in [6, 6.07) is 8.87. The quantitative estimate of drug-likeness (QED) is 0.765. The predicted molar refractivity (Wildman–Crippen MR) is 94.6 cm³/mol. The van der Waals surface area contributed by atoms with E-state index in [0.717, 1.165) is 11.1 Å². The van der Waals surface area contributed by atoms with Gasteiger partial charge in [-0.15, -0.1) is 0 Å². The fraction of sp³-hybridized carbons (Fsp3) is 0.278. The number of amides is 1. The fourth-order valence-corrected chi connectivity index (χ4v) is 2.75. The molecule has 0 fully saturated rings. The number of esters is 1. The summed E-state index contributed by atoms with van der Waals surface area (Å²) in [6.45, 7) is 4.01. The number of nitrogens with one attached hydrogen (secondary N) is 1. The molecule has 0 saturated carbocycles. The van der Waals surface area contributed by atoms with Gasteiger partial charge in [0.05, 0.1) is 24.6 Å². The summed E-state index contributed by atoms with van der Waals surface area (Å²) >= 11 is 3.30. The number of halogens is 1.